The fourth-order valence-corrected chi connectivity index (χ4v) is 4.70. The smallest absolute Gasteiger partial charge is 0.167 e. The molecule has 196 valence electrons. The first kappa shape index (κ1) is 26.6. The number of nitrogens with zero attached hydrogens (tertiary/aromatic N) is 7. The molecule has 0 radical (unpaired) electrons. The van der Waals surface area contributed by atoms with E-state index in [1.807, 2.05) is 19.9 Å². The summed E-state index contributed by atoms with van der Waals surface area (Å²) in [7, 11) is 5.90. The molecule has 2 N–H and O–H groups in total. The molecule has 37 heavy (non-hydrogen) atoms. The van der Waals surface area contributed by atoms with E-state index < -0.39 is 11.6 Å². The third-order valence-corrected chi connectivity index (χ3v) is 6.47. The quantitative estimate of drug-likeness (QED) is 0.364. The number of aliphatic imine (C=N–C) groups is 2. The van der Waals surface area contributed by atoms with Gasteiger partial charge in [0.05, 0.1) is 12.6 Å². The highest BCUT2D eigenvalue weighted by Gasteiger charge is 2.20. The van der Waals surface area contributed by atoms with Crippen molar-refractivity contribution in [3.8, 4) is 0 Å². The number of hydrogen-bond acceptors (Lipinski definition) is 6. The van der Waals surface area contributed by atoms with E-state index in [1.165, 1.54) is 6.07 Å². The largest absolute Gasteiger partial charge is 0.390 e. The normalized spacial score (nSPS) is 15.5. The molecule has 0 amide bonds. The molecule has 0 unspecified atom stereocenters. The van der Waals surface area contributed by atoms with Crippen LogP contribution in [0.15, 0.2) is 40.1 Å². The van der Waals surface area contributed by atoms with E-state index in [0.717, 1.165) is 62.1 Å². The molecule has 0 bridgehead atoms. The zero-order valence-electron chi connectivity index (χ0n) is 22.0. The molecule has 10 heteroatoms. The van der Waals surface area contributed by atoms with E-state index in [9.17, 15) is 4.39 Å². The average molecular weight is 509 g/mol. The molecule has 0 saturated carbocycles. The molecule has 0 fully saturated rings. The molecule has 3 heterocycles. The highest BCUT2D eigenvalue weighted by molar-refractivity contribution is 5.94. The Labute approximate surface area is 216 Å². The van der Waals surface area contributed by atoms with Gasteiger partial charge in [-0.05, 0) is 43.8 Å². The zero-order chi connectivity index (χ0) is 26.7. The van der Waals surface area contributed by atoms with Gasteiger partial charge in [-0.15, -0.1) is 0 Å². The highest BCUT2D eigenvalue weighted by Crippen LogP contribution is 2.31. The van der Waals surface area contributed by atoms with Crippen LogP contribution in [-0.2, 0) is 20.0 Å². The molecule has 0 atom stereocenters. The topological polar surface area (TPSA) is 87.9 Å². The highest BCUT2D eigenvalue weighted by atomic mass is 19.1. The Kier molecular flexibility index (Phi) is 8.09. The van der Waals surface area contributed by atoms with E-state index in [2.05, 4.69) is 44.0 Å². The van der Waals surface area contributed by atoms with Crippen molar-refractivity contribution in [2.75, 3.05) is 33.7 Å². The zero-order valence-corrected chi connectivity index (χ0v) is 22.0. The minimum absolute atomic E-state index is 0.0941. The number of benzene rings is 1. The van der Waals surface area contributed by atoms with Gasteiger partial charge in [0.25, 0.3) is 0 Å². The predicted octanol–water partition coefficient (Wildman–Crippen LogP) is 4.18. The summed E-state index contributed by atoms with van der Waals surface area (Å²) < 4.78 is 31.9. The maximum atomic E-state index is 15.3. The standard InChI is InChI=1S/C27H34F2N8/c1-17(2)27-20-12-19(13-21(28)26(20)34-36(27)5)25(32-16-30)22(29)14-31-24-7-6-18-15-37(11-10-35(3)4)9-8-23(18)33-24/h6-7,12-14,16-17H,8-11,15H2,1-5H3,(H2,30,32)/b25-22+,31-14?. The molecule has 8 nitrogen and oxygen atoms in total. The molecule has 4 rings (SSSR count). The molecule has 0 spiro atoms. The summed E-state index contributed by atoms with van der Waals surface area (Å²) in [5.41, 5.74) is 8.87. The fourth-order valence-electron chi connectivity index (χ4n) is 4.70. The van der Waals surface area contributed by atoms with E-state index in [-0.39, 0.29) is 22.7 Å². The molecule has 3 aromatic rings. The lowest BCUT2D eigenvalue weighted by molar-refractivity contribution is 0.224. The molecule has 1 aliphatic rings. The van der Waals surface area contributed by atoms with Crippen molar-refractivity contribution < 1.29 is 8.78 Å². The number of halogens is 2. The van der Waals surface area contributed by atoms with Crippen LogP contribution in [0.4, 0.5) is 14.6 Å². The molecule has 2 aromatic heterocycles. The second kappa shape index (κ2) is 11.3. The third-order valence-electron chi connectivity index (χ3n) is 6.47. The number of aryl methyl sites for hydroxylation is 1. The Morgan fingerprint density at radius 3 is 2.76 bits per heavy atom. The SMILES string of the molecule is CC(C)c1c2cc(/C(N=CN)=C(\F)C=Nc3ccc4c(n3)CCN(CCN(C)C)C4)cc(F)c2nn1C. The Balaban J connectivity index is 1.62. The van der Waals surface area contributed by atoms with Crippen LogP contribution in [0.2, 0.25) is 0 Å². The van der Waals surface area contributed by atoms with E-state index >= 15 is 4.39 Å². The molecule has 0 aliphatic carbocycles. The van der Waals surface area contributed by atoms with Gasteiger partial charge in [-0.3, -0.25) is 9.58 Å². The van der Waals surface area contributed by atoms with Gasteiger partial charge in [0.2, 0.25) is 0 Å². The Hall–Kier alpha value is -3.50. The summed E-state index contributed by atoms with van der Waals surface area (Å²) >= 11 is 0. The minimum atomic E-state index is -0.746. The first-order valence-corrected chi connectivity index (χ1v) is 12.4. The first-order chi connectivity index (χ1) is 17.7. The summed E-state index contributed by atoms with van der Waals surface area (Å²) in [5.74, 6) is -0.801. The Morgan fingerprint density at radius 2 is 2.05 bits per heavy atom. The summed E-state index contributed by atoms with van der Waals surface area (Å²) in [5, 5.41) is 4.90. The van der Waals surface area contributed by atoms with Gasteiger partial charge in [-0.1, -0.05) is 19.9 Å². The van der Waals surface area contributed by atoms with Crippen LogP contribution >= 0.6 is 0 Å². The van der Waals surface area contributed by atoms with Crippen LogP contribution < -0.4 is 5.73 Å². The van der Waals surface area contributed by atoms with Gasteiger partial charge in [-0.25, -0.2) is 23.7 Å². The van der Waals surface area contributed by atoms with Crippen LogP contribution in [0, 0.1) is 5.82 Å². The van der Waals surface area contributed by atoms with Crippen molar-refractivity contribution in [3.05, 3.63) is 58.4 Å². The monoisotopic (exact) mass is 508 g/mol. The molecule has 0 saturated heterocycles. The second-order valence-electron chi connectivity index (χ2n) is 9.86. The Morgan fingerprint density at radius 1 is 1.27 bits per heavy atom. The van der Waals surface area contributed by atoms with E-state index in [1.54, 1.807) is 23.9 Å². The number of aromatic nitrogens is 3. The third kappa shape index (κ3) is 5.91. The molecular weight excluding hydrogens is 474 g/mol. The number of fused-ring (bicyclic) bond motifs is 2. The molecular formula is C27H34F2N8. The summed E-state index contributed by atoms with van der Waals surface area (Å²) in [4.78, 5) is 17.4. The van der Waals surface area contributed by atoms with Crippen LogP contribution in [0.5, 0.6) is 0 Å². The van der Waals surface area contributed by atoms with Gasteiger partial charge in [0.15, 0.2) is 17.5 Å². The lowest BCUT2D eigenvalue weighted by atomic mass is 10.0. The van der Waals surface area contributed by atoms with Gasteiger partial charge in [0.1, 0.15) is 11.2 Å². The lowest BCUT2D eigenvalue weighted by Gasteiger charge is -2.29. The number of pyridine rings is 1. The van der Waals surface area contributed by atoms with Gasteiger partial charge in [-0.2, -0.15) is 5.10 Å². The van der Waals surface area contributed by atoms with Crippen LogP contribution in [0.25, 0.3) is 16.6 Å². The first-order valence-electron chi connectivity index (χ1n) is 12.4. The van der Waals surface area contributed by atoms with Crippen molar-refractivity contribution in [2.45, 2.75) is 32.7 Å². The van der Waals surface area contributed by atoms with Crippen LogP contribution in [-0.4, -0.2) is 70.8 Å². The number of hydrogen-bond donors (Lipinski definition) is 1. The van der Waals surface area contributed by atoms with Gasteiger partial charge >= 0.3 is 0 Å². The summed E-state index contributed by atoms with van der Waals surface area (Å²) in [6, 6.07) is 6.68. The second-order valence-corrected chi connectivity index (χ2v) is 9.86. The number of nitrogens with two attached hydrogens (primary N) is 1. The van der Waals surface area contributed by atoms with Gasteiger partial charge in [0, 0.05) is 62.0 Å². The van der Waals surface area contributed by atoms with Crippen molar-refractivity contribution in [1.82, 2.24) is 24.6 Å². The number of likely N-dealkylation sites (N-methyl/N-ethyl adjacent to an activating group) is 1. The number of rotatable bonds is 8. The lowest BCUT2D eigenvalue weighted by Crippen LogP contribution is -2.36. The van der Waals surface area contributed by atoms with Crippen molar-refractivity contribution in [2.24, 2.45) is 22.8 Å². The summed E-state index contributed by atoms with van der Waals surface area (Å²) in [6.45, 7) is 7.75. The van der Waals surface area contributed by atoms with E-state index in [4.69, 9.17) is 5.73 Å². The Bertz CT molecular complexity index is 1370. The summed E-state index contributed by atoms with van der Waals surface area (Å²) in [6.07, 6.45) is 2.85. The van der Waals surface area contributed by atoms with Crippen LogP contribution in [0.3, 0.4) is 0 Å². The van der Waals surface area contributed by atoms with Gasteiger partial charge < -0.3 is 10.6 Å². The predicted molar refractivity (Wildman–Crippen MR) is 145 cm³/mol. The minimum Gasteiger partial charge on any atom is -0.390 e. The average Bonchev–Trinajstić information content (AvgIpc) is 3.20. The maximum absolute atomic E-state index is 15.3. The molecule has 1 aromatic carbocycles. The van der Waals surface area contributed by atoms with Crippen LogP contribution in [0.1, 0.15) is 42.3 Å². The maximum Gasteiger partial charge on any atom is 0.167 e. The number of allylic oxidation sites excluding steroid dienone is 1. The van der Waals surface area contributed by atoms with E-state index in [0.29, 0.717) is 11.2 Å². The van der Waals surface area contributed by atoms with Crippen molar-refractivity contribution >= 4 is 35.0 Å². The van der Waals surface area contributed by atoms with Crippen molar-refractivity contribution in [1.29, 1.82) is 0 Å². The molecule has 1 aliphatic heterocycles. The fraction of sp³-hybridized carbons (Fsp3) is 0.407. The van der Waals surface area contributed by atoms with Crippen molar-refractivity contribution in [3.63, 3.8) is 0 Å².